The van der Waals surface area contributed by atoms with E-state index in [0.29, 0.717) is 5.76 Å². The Morgan fingerprint density at radius 1 is 1.13 bits per heavy atom. The predicted molar refractivity (Wildman–Crippen MR) is 58.3 cm³/mol. The molecule has 0 saturated heterocycles. The summed E-state index contributed by atoms with van der Waals surface area (Å²) >= 11 is 0. The Kier molecular flexibility index (Phi) is 4.95. The van der Waals surface area contributed by atoms with E-state index in [-0.39, 0.29) is 5.97 Å². The van der Waals surface area contributed by atoms with Crippen LogP contribution in [0, 0.1) is 0 Å². The minimum absolute atomic E-state index is 0.375. The standard InChI is InChI=1S/C12H18O3/c1-14-11(9-12(13)15-2)8-10-6-4-3-5-7-10/h8-9H,3-7H2,1-2H3/b11-9+. The first kappa shape index (κ1) is 11.8. The molecule has 0 aromatic heterocycles. The van der Waals surface area contributed by atoms with E-state index in [1.54, 1.807) is 7.11 Å². The molecule has 3 nitrogen and oxygen atoms in total. The minimum atomic E-state index is -0.375. The molecule has 1 rings (SSSR count). The number of carbonyl (C=O) groups is 1. The van der Waals surface area contributed by atoms with Crippen molar-refractivity contribution in [1.29, 1.82) is 0 Å². The number of rotatable bonds is 3. The molecule has 0 heterocycles. The summed E-state index contributed by atoms with van der Waals surface area (Å²) in [5.41, 5.74) is 1.36. The average Bonchev–Trinajstić information content (AvgIpc) is 2.29. The van der Waals surface area contributed by atoms with Crippen molar-refractivity contribution in [3.8, 4) is 0 Å². The molecule has 15 heavy (non-hydrogen) atoms. The molecular formula is C12H18O3. The number of carbonyl (C=O) groups excluding carboxylic acids is 1. The third-order valence-electron chi connectivity index (χ3n) is 2.54. The molecule has 1 aliphatic carbocycles. The fourth-order valence-corrected chi connectivity index (χ4v) is 1.69. The fourth-order valence-electron chi connectivity index (χ4n) is 1.69. The van der Waals surface area contributed by atoms with Gasteiger partial charge in [0.25, 0.3) is 0 Å². The summed E-state index contributed by atoms with van der Waals surface area (Å²) < 4.78 is 9.66. The zero-order valence-electron chi connectivity index (χ0n) is 9.41. The third kappa shape index (κ3) is 4.19. The van der Waals surface area contributed by atoms with E-state index in [2.05, 4.69) is 4.74 Å². The topological polar surface area (TPSA) is 35.5 Å². The van der Waals surface area contributed by atoms with Gasteiger partial charge in [-0.25, -0.2) is 4.79 Å². The summed E-state index contributed by atoms with van der Waals surface area (Å²) in [6, 6.07) is 0. The lowest BCUT2D eigenvalue weighted by molar-refractivity contribution is -0.135. The Labute approximate surface area is 90.8 Å². The molecule has 1 aliphatic rings. The Hall–Kier alpha value is -1.25. The van der Waals surface area contributed by atoms with Crippen LogP contribution in [0.5, 0.6) is 0 Å². The third-order valence-corrected chi connectivity index (χ3v) is 2.54. The first-order valence-electron chi connectivity index (χ1n) is 5.29. The highest BCUT2D eigenvalue weighted by atomic mass is 16.5. The van der Waals surface area contributed by atoms with Crippen molar-refractivity contribution in [2.24, 2.45) is 0 Å². The van der Waals surface area contributed by atoms with Crippen molar-refractivity contribution in [3.63, 3.8) is 0 Å². The van der Waals surface area contributed by atoms with E-state index in [9.17, 15) is 4.79 Å². The van der Waals surface area contributed by atoms with Gasteiger partial charge in [-0.3, -0.25) is 0 Å². The molecule has 0 aromatic carbocycles. The van der Waals surface area contributed by atoms with Crippen LogP contribution in [0.15, 0.2) is 23.5 Å². The smallest absolute Gasteiger partial charge is 0.334 e. The maximum Gasteiger partial charge on any atom is 0.334 e. The second-order valence-corrected chi connectivity index (χ2v) is 3.64. The van der Waals surface area contributed by atoms with E-state index in [1.807, 2.05) is 6.08 Å². The predicted octanol–water partition coefficient (Wildman–Crippen LogP) is 2.58. The maximum absolute atomic E-state index is 11.0. The summed E-state index contributed by atoms with van der Waals surface area (Å²) in [4.78, 5) is 11.0. The highest BCUT2D eigenvalue weighted by Gasteiger charge is 2.07. The van der Waals surface area contributed by atoms with Gasteiger partial charge in [0.15, 0.2) is 0 Å². The summed E-state index contributed by atoms with van der Waals surface area (Å²) in [6.07, 6.45) is 9.34. The molecule has 0 atom stereocenters. The van der Waals surface area contributed by atoms with Crippen LogP contribution in [0.25, 0.3) is 0 Å². The molecule has 0 aromatic rings. The number of methoxy groups -OCH3 is 2. The lowest BCUT2D eigenvalue weighted by Gasteiger charge is -2.13. The molecule has 1 fully saturated rings. The van der Waals surface area contributed by atoms with Crippen molar-refractivity contribution in [3.05, 3.63) is 23.5 Å². The van der Waals surface area contributed by atoms with Gasteiger partial charge < -0.3 is 9.47 Å². The second kappa shape index (κ2) is 6.27. The van der Waals surface area contributed by atoms with Crippen LogP contribution in [-0.2, 0) is 14.3 Å². The van der Waals surface area contributed by atoms with Crippen molar-refractivity contribution in [2.75, 3.05) is 14.2 Å². The van der Waals surface area contributed by atoms with Gasteiger partial charge in [-0.1, -0.05) is 12.0 Å². The number of hydrogen-bond acceptors (Lipinski definition) is 3. The van der Waals surface area contributed by atoms with Gasteiger partial charge in [0.2, 0.25) is 0 Å². The van der Waals surface area contributed by atoms with E-state index in [4.69, 9.17) is 4.74 Å². The van der Waals surface area contributed by atoms with Gasteiger partial charge in [-0.15, -0.1) is 0 Å². The zero-order chi connectivity index (χ0) is 11.1. The fraction of sp³-hybridized carbons (Fsp3) is 0.583. The van der Waals surface area contributed by atoms with Crippen LogP contribution < -0.4 is 0 Å². The summed E-state index contributed by atoms with van der Waals surface area (Å²) in [5.74, 6) is 0.207. The Morgan fingerprint density at radius 2 is 1.80 bits per heavy atom. The molecule has 0 amide bonds. The van der Waals surface area contributed by atoms with Gasteiger partial charge in [-0.2, -0.15) is 0 Å². The lowest BCUT2D eigenvalue weighted by atomic mass is 9.94. The van der Waals surface area contributed by atoms with Crippen LogP contribution in [0.2, 0.25) is 0 Å². The number of hydrogen-bond donors (Lipinski definition) is 0. The van der Waals surface area contributed by atoms with Gasteiger partial charge in [-0.05, 0) is 31.8 Å². The maximum atomic E-state index is 11.0. The molecular weight excluding hydrogens is 192 g/mol. The van der Waals surface area contributed by atoms with E-state index in [0.717, 1.165) is 12.8 Å². The monoisotopic (exact) mass is 210 g/mol. The Bertz CT molecular complexity index is 269. The van der Waals surface area contributed by atoms with Gasteiger partial charge in [0.1, 0.15) is 5.76 Å². The van der Waals surface area contributed by atoms with Crippen LogP contribution >= 0.6 is 0 Å². The summed E-state index contributed by atoms with van der Waals surface area (Å²) in [6.45, 7) is 0. The first-order valence-corrected chi connectivity index (χ1v) is 5.29. The first-order chi connectivity index (χ1) is 7.26. The minimum Gasteiger partial charge on any atom is -0.496 e. The van der Waals surface area contributed by atoms with Crippen LogP contribution in [-0.4, -0.2) is 20.2 Å². The highest BCUT2D eigenvalue weighted by molar-refractivity contribution is 5.82. The molecule has 0 spiro atoms. The number of esters is 1. The molecule has 0 unspecified atom stereocenters. The summed E-state index contributed by atoms with van der Waals surface area (Å²) in [7, 11) is 2.93. The van der Waals surface area contributed by atoms with Crippen LogP contribution in [0.4, 0.5) is 0 Å². The molecule has 84 valence electrons. The van der Waals surface area contributed by atoms with Crippen molar-refractivity contribution < 1.29 is 14.3 Å². The van der Waals surface area contributed by atoms with E-state index < -0.39 is 0 Å². The van der Waals surface area contributed by atoms with E-state index >= 15 is 0 Å². The van der Waals surface area contributed by atoms with Crippen molar-refractivity contribution in [2.45, 2.75) is 32.1 Å². The van der Waals surface area contributed by atoms with Crippen LogP contribution in [0.3, 0.4) is 0 Å². The number of ether oxygens (including phenoxy) is 2. The average molecular weight is 210 g/mol. The van der Waals surface area contributed by atoms with Gasteiger partial charge in [0, 0.05) is 0 Å². The Morgan fingerprint density at radius 3 is 2.33 bits per heavy atom. The Balaban J connectivity index is 2.65. The van der Waals surface area contributed by atoms with Crippen LogP contribution in [0.1, 0.15) is 32.1 Å². The van der Waals surface area contributed by atoms with Crippen molar-refractivity contribution >= 4 is 5.97 Å². The molecule has 0 bridgehead atoms. The normalized spacial score (nSPS) is 17.2. The van der Waals surface area contributed by atoms with Gasteiger partial charge in [0.05, 0.1) is 20.3 Å². The van der Waals surface area contributed by atoms with Gasteiger partial charge >= 0.3 is 5.97 Å². The molecule has 0 N–H and O–H groups in total. The molecule has 0 radical (unpaired) electrons. The SMILES string of the molecule is COC(=O)/C=C(\C=C1CCCCC1)OC. The quantitative estimate of drug-likeness (QED) is 0.408. The second-order valence-electron chi connectivity index (χ2n) is 3.64. The lowest BCUT2D eigenvalue weighted by Crippen LogP contribution is -1.99. The number of allylic oxidation sites excluding steroid dienone is 2. The molecule has 0 aliphatic heterocycles. The molecule has 3 heteroatoms. The summed E-state index contributed by atoms with van der Waals surface area (Å²) in [5, 5.41) is 0. The van der Waals surface area contributed by atoms with Crippen molar-refractivity contribution in [1.82, 2.24) is 0 Å². The molecule has 1 saturated carbocycles. The largest absolute Gasteiger partial charge is 0.496 e. The van der Waals surface area contributed by atoms with E-state index in [1.165, 1.54) is 38.0 Å². The zero-order valence-corrected chi connectivity index (χ0v) is 9.41. The highest BCUT2D eigenvalue weighted by Crippen LogP contribution is 2.24.